The highest BCUT2D eigenvalue weighted by molar-refractivity contribution is 5.14. The summed E-state index contributed by atoms with van der Waals surface area (Å²) in [6.07, 6.45) is 15.6. The fraction of sp³-hybridized carbons (Fsp3) is 0.714. The Morgan fingerprint density at radius 2 is 1.87 bits per heavy atom. The second kappa shape index (κ2) is 4.13. The van der Waals surface area contributed by atoms with Crippen molar-refractivity contribution in [3.05, 3.63) is 24.8 Å². The molecule has 0 heterocycles. The second-order valence-corrected chi connectivity index (χ2v) is 5.33. The van der Waals surface area contributed by atoms with Crippen LogP contribution in [0.3, 0.4) is 0 Å². The minimum Gasteiger partial charge on any atom is -0.386 e. The van der Waals surface area contributed by atoms with Crippen molar-refractivity contribution in [2.24, 2.45) is 5.41 Å². The molecule has 0 amide bonds. The lowest BCUT2D eigenvalue weighted by atomic mass is 9.72. The van der Waals surface area contributed by atoms with E-state index in [1.54, 1.807) is 0 Å². The van der Waals surface area contributed by atoms with Gasteiger partial charge in [-0.15, -0.1) is 6.58 Å². The maximum absolute atomic E-state index is 10.3. The molecule has 1 atom stereocenters. The first kappa shape index (κ1) is 10.9. The molecule has 15 heavy (non-hydrogen) atoms. The Morgan fingerprint density at radius 1 is 1.13 bits per heavy atom. The van der Waals surface area contributed by atoms with Gasteiger partial charge < -0.3 is 5.11 Å². The molecule has 1 saturated carbocycles. The topological polar surface area (TPSA) is 20.2 Å². The molecular weight excluding hydrogens is 184 g/mol. The van der Waals surface area contributed by atoms with E-state index in [-0.39, 0.29) is 0 Å². The summed E-state index contributed by atoms with van der Waals surface area (Å²) < 4.78 is 0. The Balaban J connectivity index is 2.00. The predicted octanol–water partition coefficient (Wildman–Crippen LogP) is 3.59. The maximum Gasteiger partial charge on any atom is 0.0831 e. The highest BCUT2D eigenvalue weighted by Gasteiger charge is 2.38. The van der Waals surface area contributed by atoms with Crippen molar-refractivity contribution in [3.8, 4) is 0 Å². The molecule has 0 aromatic carbocycles. The number of rotatable bonds is 3. The third-order valence-electron chi connectivity index (χ3n) is 4.18. The van der Waals surface area contributed by atoms with E-state index in [2.05, 4.69) is 18.7 Å². The summed E-state index contributed by atoms with van der Waals surface area (Å²) in [6, 6.07) is 0. The van der Waals surface area contributed by atoms with E-state index in [9.17, 15) is 5.11 Å². The summed E-state index contributed by atoms with van der Waals surface area (Å²) >= 11 is 0. The highest BCUT2D eigenvalue weighted by atomic mass is 16.3. The minimum absolute atomic E-state index is 0.459. The molecule has 1 N–H and O–H groups in total. The zero-order valence-corrected chi connectivity index (χ0v) is 9.54. The Bertz CT molecular complexity index is 261. The van der Waals surface area contributed by atoms with Gasteiger partial charge in [0.05, 0.1) is 5.60 Å². The van der Waals surface area contributed by atoms with Crippen molar-refractivity contribution >= 4 is 0 Å². The third-order valence-corrected chi connectivity index (χ3v) is 4.18. The number of allylic oxidation sites excluding steroid dienone is 2. The molecule has 2 rings (SSSR count). The molecule has 1 spiro atoms. The molecule has 1 nitrogen and oxygen atoms in total. The van der Waals surface area contributed by atoms with E-state index >= 15 is 0 Å². The van der Waals surface area contributed by atoms with Gasteiger partial charge in [0.1, 0.15) is 0 Å². The Morgan fingerprint density at radius 3 is 2.40 bits per heavy atom. The molecule has 0 aromatic heterocycles. The van der Waals surface area contributed by atoms with Gasteiger partial charge in [-0.3, -0.25) is 0 Å². The van der Waals surface area contributed by atoms with Gasteiger partial charge in [0.15, 0.2) is 0 Å². The SMILES string of the molecule is C=CCCC1(O)C=CC2(CCCC2)CC1. The molecule has 0 bridgehead atoms. The number of aliphatic hydroxyl groups is 1. The van der Waals surface area contributed by atoms with E-state index in [1.165, 1.54) is 32.1 Å². The number of hydrogen-bond donors (Lipinski definition) is 1. The van der Waals surface area contributed by atoms with Gasteiger partial charge in [-0.05, 0) is 43.9 Å². The van der Waals surface area contributed by atoms with Crippen LogP contribution in [-0.4, -0.2) is 10.7 Å². The van der Waals surface area contributed by atoms with Gasteiger partial charge in [-0.2, -0.15) is 0 Å². The molecule has 0 saturated heterocycles. The summed E-state index contributed by atoms with van der Waals surface area (Å²) in [7, 11) is 0. The van der Waals surface area contributed by atoms with Crippen LogP contribution in [0.5, 0.6) is 0 Å². The van der Waals surface area contributed by atoms with Crippen LogP contribution < -0.4 is 0 Å². The molecule has 0 aromatic rings. The molecule has 0 radical (unpaired) electrons. The van der Waals surface area contributed by atoms with Crippen molar-refractivity contribution in [1.29, 1.82) is 0 Å². The van der Waals surface area contributed by atoms with Crippen LogP contribution in [0.25, 0.3) is 0 Å². The predicted molar refractivity (Wildman–Crippen MR) is 63.7 cm³/mol. The van der Waals surface area contributed by atoms with Crippen LogP contribution in [0.15, 0.2) is 24.8 Å². The van der Waals surface area contributed by atoms with Crippen molar-refractivity contribution in [2.45, 2.75) is 57.0 Å². The van der Waals surface area contributed by atoms with E-state index in [0.717, 1.165) is 19.3 Å². The van der Waals surface area contributed by atoms with Gasteiger partial charge in [-0.1, -0.05) is 31.1 Å². The van der Waals surface area contributed by atoms with Gasteiger partial charge in [0.25, 0.3) is 0 Å². The van der Waals surface area contributed by atoms with Gasteiger partial charge in [0, 0.05) is 0 Å². The maximum atomic E-state index is 10.3. The van der Waals surface area contributed by atoms with Crippen molar-refractivity contribution < 1.29 is 5.11 Å². The van der Waals surface area contributed by atoms with Crippen molar-refractivity contribution in [3.63, 3.8) is 0 Å². The Labute approximate surface area is 92.9 Å². The normalized spacial score (nSPS) is 33.4. The summed E-state index contributed by atoms with van der Waals surface area (Å²) in [4.78, 5) is 0. The van der Waals surface area contributed by atoms with Crippen LogP contribution in [0.4, 0.5) is 0 Å². The lowest BCUT2D eigenvalue weighted by Gasteiger charge is -2.36. The largest absolute Gasteiger partial charge is 0.386 e. The molecule has 84 valence electrons. The monoisotopic (exact) mass is 206 g/mol. The van der Waals surface area contributed by atoms with Gasteiger partial charge in [-0.25, -0.2) is 0 Å². The minimum atomic E-state index is -0.540. The van der Waals surface area contributed by atoms with Gasteiger partial charge in [0.2, 0.25) is 0 Å². The molecule has 1 heteroatoms. The third kappa shape index (κ3) is 2.34. The van der Waals surface area contributed by atoms with Crippen LogP contribution in [-0.2, 0) is 0 Å². The van der Waals surface area contributed by atoms with Crippen LogP contribution in [0, 0.1) is 5.41 Å². The summed E-state index contributed by atoms with van der Waals surface area (Å²) in [5, 5.41) is 10.3. The van der Waals surface area contributed by atoms with E-state index in [0.29, 0.717) is 5.41 Å². The molecule has 2 aliphatic carbocycles. The second-order valence-electron chi connectivity index (χ2n) is 5.33. The van der Waals surface area contributed by atoms with Crippen LogP contribution in [0.2, 0.25) is 0 Å². The van der Waals surface area contributed by atoms with Gasteiger partial charge >= 0.3 is 0 Å². The smallest absolute Gasteiger partial charge is 0.0831 e. The number of hydrogen-bond acceptors (Lipinski definition) is 1. The zero-order chi connectivity index (χ0) is 10.8. The first-order chi connectivity index (χ1) is 7.18. The van der Waals surface area contributed by atoms with E-state index in [1.807, 2.05) is 6.08 Å². The molecule has 2 aliphatic rings. The summed E-state index contributed by atoms with van der Waals surface area (Å²) in [6.45, 7) is 3.71. The quantitative estimate of drug-likeness (QED) is 0.700. The van der Waals surface area contributed by atoms with Crippen LogP contribution >= 0.6 is 0 Å². The van der Waals surface area contributed by atoms with Crippen molar-refractivity contribution in [1.82, 2.24) is 0 Å². The Hall–Kier alpha value is -0.560. The van der Waals surface area contributed by atoms with Crippen LogP contribution in [0.1, 0.15) is 51.4 Å². The summed E-state index contributed by atoms with van der Waals surface area (Å²) in [5.41, 5.74) is -0.0809. The van der Waals surface area contributed by atoms with Crippen molar-refractivity contribution in [2.75, 3.05) is 0 Å². The molecular formula is C14H22O. The fourth-order valence-corrected chi connectivity index (χ4v) is 3.02. The lowest BCUT2D eigenvalue weighted by Crippen LogP contribution is -2.33. The first-order valence-electron chi connectivity index (χ1n) is 6.22. The van der Waals surface area contributed by atoms with E-state index in [4.69, 9.17) is 0 Å². The standard InChI is InChI=1S/C14H22O/c1-2-3-8-14(15)11-9-13(10-12-14)6-4-5-7-13/h2,9,11,15H,1,3-8,10,12H2. The average Bonchev–Trinajstić information content (AvgIpc) is 2.70. The highest BCUT2D eigenvalue weighted by Crippen LogP contribution is 2.48. The molecule has 1 unspecified atom stereocenters. The lowest BCUT2D eigenvalue weighted by molar-refractivity contribution is 0.0495. The molecule has 1 fully saturated rings. The molecule has 0 aliphatic heterocycles. The first-order valence-corrected chi connectivity index (χ1v) is 6.22. The average molecular weight is 206 g/mol. The fourth-order valence-electron chi connectivity index (χ4n) is 3.02. The summed E-state index contributed by atoms with van der Waals surface area (Å²) in [5.74, 6) is 0. The Kier molecular flexibility index (Phi) is 3.01. The van der Waals surface area contributed by atoms with E-state index < -0.39 is 5.60 Å². The zero-order valence-electron chi connectivity index (χ0n) is 9.54.